The maximum atomic E-state index is 14.5. The Kier molecular flexibility index (Phi) is 7.68. The highest BCUT2D eigenvalue weighted by molar-refractivity contribution is 6.30. The number of nitrogens with zero attached hydrogens (tertiary/aromatic N) is 4. The number of rotatable bonds is 5. The van der Waals surface area contributed by atoms with E-state index in [0.29, 0.717) is 41.5 Å². The molecule has 2 aromatic heterocycles. The standard InChI is InChI=1S/C40H36ClN5O3/c1-25-19-26-5-3-4-6-28(26)22-45(25)40(49)33-13-7-29(41)21-35(33)38-23-44-18-16-34(39(48)42-30-8-11-32(47)12-9-30)37(44)24-46(38)31-10-14-36-27(20-31)15-17-43(36)2/h3-18,20-21,25,38,47H,19,22-24H2,1-2H3,(H,42,48)/t25-,38?/m1/s1. The van der Waals surface area contributed by atoms with E-state index in [1.165, 1.54) is 11.1 Å². The molecular weight excluding hydrogens is 634 g/mol. The molecule has 0 saturated heterocycles. The van der Waals surface area contributed by atoms with Crippen LogP contribution in [0.5, 0.6) is 5.75 Å². The molecule has 2 aliphatic heterocycles. The van der Waals surface area contributed by atoms with Crippen molar-refractivity contribution in [3.05, 3.63) is 148 Å². The lowest BCUT2D eigenvalue weighted by Crippen LogP contribution is -2.44. The number of aromatic nitrogens is 2. The number of aryl methyl sites for hydroxylation is 1. The summed E-state index contributed by atoms with van der Waals surface area (Å²) in [6, 6.07) is 30.5. The molecule has 2 atom stereocenters. The molecule has 4 aromatic carbocycles. The highest BCUT2D eigenvalue weighted by Gasteiger charge is 2.35. The van der Waals surface area contributed by atoms with Gasteiger partial charge in [0.15, 0.2) is 0 Å². The maximum absolute atomic E-state index is 14.5. The summed E-state index contributed by atoms with van der Waals surface area (Å²) in [5, 5.41) is 14.3. The Labute approximate surface area is 289 Å². The molecule has 0 saturated carbocycles. The largest absolute Gasteiger partial charge is 0.508 e. The van der Waals surface area contributed by atoms with Gasteiger partial charge in [-0.05, 0) is 103 Å². The van der Waals surface area contributed by atoms with Crippen molar-refractivity contribution in [2.24, 2.45) is 7.05 Å². The zero-order valence-corrected chi connectivity index (χ0v) is 28.1. The van der Waals surface area contributed by atoms with Crippen LogP contribution in [-0.4, -0.2) is 37.0 Å². The van der Waals surface area contributed by atoms with Gasteiger partial charge in [0.1, 0.15) is 5.75 Å². The van der Waals surface area contributed by atoms with Crippen molar-refractivity contribution in [2.45, 2.75) is 45.1 Å². The van der Waals surface area contributed by atoms with Gasteiger partial charge in [-0.1, -0.05) is 35.9 Å². The lowest BCUT2D eigenvalue weighted by atomic mass is 9.91. The van der Waals surface area contributed by atoms with Crippen LogP contribution in [0.1, 0.15) is 56.1 Å². The number of anilines is 2. The first-order chi connectivity index (χ1) is 23.7. The van der Waals surface area contributed by atoms with E-state index in [2.05, 4.69) is 68.7 Å². The number of nitrogens with one attached hydrogen (secondary N) is 1. The number of carbonyl (C=O) groups is 2. The van der Waals surface area contributed by atoms with E-state index in [0.717, 1.165) is 34.3 Å². The Hall–Kier alpha value is -5.47. The molecule has 2 aliphatic rings. The van der Waals surface area contributed by atoms with Gasteiger partial charge in [0.25, 0.3) is 11.8 Å². The van der Waals surface area contributed by atoms with Gasteiger partial charge in [0.05, 0.1) is 23.8 Å². The average Bonchev–Trinajstić information content (AvgIpc) is 3.70. The van der Waals surface area contributed by atoms with Gasteiger partial charge < -0.3 is 29.4 Å². The summed E-state index contributed by atoms with van der Waals surface area (Å²) in [4.78, 5) is 32.4. The minimum atomic E-state index is -0.251. The van der Waals surface area contributed by atoms with Crippen LogP contribution in [0.25, 0.3) is 10.9 Å². The van der Waals surface area contributed by atoms with Gasteiger partial charge >= 0.3 is 0 Å². The van der Waals surface area contributed by atoms with Crippen molar-refractivity contribution in [3.63, 3.8) is 0 Å². The van der Waals surface area contributed by atoms with Crippen molar-refractivity contribution in [3.8, 4) is 5.75 Å². The second-order valence-electron chi connectivity index (χ2n) is 13.1. The molecule has 2 amide bonds. The second kappa shape index (κ2) is 12.2. The molecule has 4 heterocycles. The van der Waals surface area contributed by atoms with Gasteiger partial charge in [-0.25, -0.2) is 0 Å². The Balaban J connectivity index is 1.20. The molecule has 8 nitrogen and oxygen atoms in total. The van der Waals surface area contributed by atoms with Gasteiger partial charge in [-0.3, -0.25) is 9.59 Å². The van der Waals surface area contributed by atoms with E-state index in [-0.39, 0.29) is 29.6 Å². The predicted molar refractivity (Wildman–Crippen MR) is 193 cm³/mol. The zero-order chi connectivity index (χ0) is 33.8. The van der Waals surface area contributed by atoms with Crippen molar-refractivity contribution in [1.29, 1.82) is 0 Å². The van der Waals surface area contributed by atoms with Gasteiger partial charge in [0.2, 0.25) is 0 Å². The summed E-state index contributed by atoms with van der Waals surface area (Å²) in [7, 11) is 2.03. The highest BCUT2D eigenvalue weighted by Crippen LogP contribution is 2.40. The van der Waals surface area contributed by atoms with Crippen molar-refractivity contribution < 1.29 is 14.7 Å². The van der Waals surface area contributed by atoms with Gasteiger partial charge in [-0.2, -0.15) is 0 Å². The van der Waals surface area contributed by atoms with E-state index in [1.807, 2.05) is 48.6 Å². The molecule has 246 valence electrons. The number of hydrogen-bond donors (Lipinski definition) is 2. The third-order valence-electron chi connectivity index (χ3n) is 10.1. The van der Waals surface area contributed by atoms with E-state index < -0.39 is 0 Å². The van der Waals surface area contributed by atoms with Crippen LogP contribution in [-0.2, 0) is 33.1 Å². The molecule has 1 unspecified atom stereocenters. The molecule has 49 heavy (non-hydrogen) atoms. The van der Waals surface area contributed by atoms with Crippen molar-refractivity contribution >= 4 is 45.7 Å². The molecular formula is C40H36ClN5O3. The van der Waals surface area contributed by atoms with Crippen LogP contribution < -0.4 is 10.2 Å². The fraction of sp³-hybridized carbons (Fsp3) is 0.200. The van der Waals surface area contributed by atoms with Crippen LogP contribution in [0, 0.1) is 0 Å². The summed E-state index contributed by atoms with van der Waals surface area (Å²) >= 11 is 6.71. The quantitative estimate of drug-likeness (QED) is 0.183. The molecule has 0 spiro atoms. The first kappa shape index (κ1) is 30.8. The van der Waals surface area contributed by atoms with E-state index in [1.54, 1.807) is 30.3 Å². The molecule has 0 radical (unpaired) electrons. The molecule has 0 bridgehead atoms. The molecule has 2 N–H and O–H groups in total. The molecule has 0 fully saturated rings. The summed E-state index contributed by atoms with van der Waals surface area (Å²) < 4.78 is 4.21. The Bertz CT molecular complexity index is 2240. The zero-order valence-electron chi connectivity index (χ0n) is 27.3. The van der Waals surface area contributed by atoms with Crippen molar-refractivity contribution in [1.82, 2.24) is 14.0 Å². The minimum absolute atomic E-state index is 0.0144. The minimum Gasteiger partial charge on any atom is -0.508 e. The van der Waals surface area contributed by atoms with Crippen LogP contribution in [0.4, 0.5) is 11.4 Å². The SMILES string of the molecule is C[C@@H]1Cc2ccccc2CN1C(=O)c1ccc(Cl)cc1C1Cn2ccc(C(=O)Nc3ccc(O)cc3)c2CN1c1ccc2c(ccn2C)c1. The summed E-state index contributed by atoms with van der Waals surface area (Å²) in [6.45, 7) is 3.61. The topological polar surface area (TPSA) is 82.7 Å². The normalized spacial score (nSPS) is 17.1. The van der Waals surface area contributed by atoms with Gasteiger partial charge in [-0.15, -0.1) is 0 Å². The van der Waals surface area contributed by atoms with E-state index in [4.69, 9.17) is 11.6 Å². The average molecular weight is 670 g/mol. The summed E-state index contributed by atoms with van der Waals surface area (Å²) in [5.74, 6) is -0.108. The number of benzene rings is 4. The number of halogens is 1. The molecule has 9 heteroatoms. The Morgan fingerprint density at radius 1 is 0.857 bits per heavy atom. The number of fused-ring (bicyclic) bond motifs is 3. The van der Waals surface area contributed by atoms with Crippen LogP contribution in [0.3, 0.4) is 0 Å². The molecule has 8 rings (SSSR count). The monoisotopic (exact) mass is 669 g/mol. The fourth-order valence-electron chi connectivity index (χ4n) is 7.45. The van der Waals surface area contributed by atoms with Crippen molar-refractivity contribution in [2.75, 3.05) is 10.2 Å². The second-order valence-corrected chi connectivity index (χ2v) is 13.6. The third-order valence-corrected chi connectivity index (χ3v) is 10.3. The Morgan fingerprint density at radius 2 is 1.65 bits per heavy atom. The summed E-state index contributed by atoms with van der Waals surface area (Å²) in [6.07, 6.45) is 4.80. The first-order valence-corrected chi connectivity index (χ1v) is 16.9. The number of aromatic hydroxyl groups is 1. The van der Waals surface area contributed by atoms with E-state index in [9.17, 15) is 14.7 Å². The number of carbonyl (C=O) groups excluding carboxylic acids is 2. The fourth-order valence-corrected chi connectivity index (χ4v) is 7.63. The number of amides is 2. The number of hydrogen-bond acceptors (Lipinski definition) is 4. The maximum Gasteiger partial charge on any atom is 0.257 e. The first-order valence-electron chi connectivity index (χ1n) is 16.5. The lowest BCUT2D eigenvalue weighted by Gasteiger charge is -2.41. The highest BCUT2D eigenvalue weighted by atomic mass is 35.5. The summed E-state index contributed by atoms with van der Waals surface area (Å²) in [5.41, 5.74) is 8.09. The van der Waals surface area contributed by atoms with E-state index >= 15 is 0 Å². The Morgan fingerprint density at radius 3 is 2.47 bits per heavy atom. The molecule has 0 aliphatic carbocycles. The van der Waals surface area contributed by atoms with Crippen LogP contribution in [0.2, 0.25) is 5.02 Å². The smallest absolute Gasteiger partial charge is 0.257 e. The lowest BCUT2D eigenvalue weighted by molar-refractivity contribution is 0.0656. The van der Waals surface area contributed by atoms with Crippen LogP contribution in [0.15, 0.2) is 109 Å². The predicted octanol–water partition coefficient (Wildman–Crippen LogP) is 7.94. The number of phenols is 1. The van der Waals surface area contributed by atoms with Crippen LogP contribution >= 0.6 is 11.6 Å². The molecule has 6 aromatic rings. The third kappa shape index (κ3) is 5.62. The van der Waals surface area contributed by atoms with Gasteiger partial charge in [0, 0.05) is 71.4 Å². The number of phenolic OH excluding ortho intramolecular Hbond substituents is 1.